The summed E-state index contributed by atoms with van der Waals surface area (Å²) in [5.74, 6) is -2.24. The highest BCUT2D eigenvalue weighted by molar-refractivity contribution is 8.13. The van der Waals surface area contributed by atoms with E-state index in [1.807, 2.05) is 0 Å². The molecule has 12 heavy (non-hydrogen) atoms. The van der Waals surface area contributed by atoms with Crippen LogP contribution in [0.2, 0.25) is 0 Å². The highest BCUT2D eigenvalue weighted by Crippen LogP contribution is 2.31. The lowest BCUT2D eigenvalue weighted by molar-refractivity contribution is -0.0397. The zero-order chi connectivity index (χ0) is 9.19. The first-order valence-electron chi connectivity index (χ1n) is 3.15. The Labute approximate surface area is 72.4 Å². The molecule has 0 aromatic rings. The van der Waals surface area contributed by atoms with E-state index in [2.05, 4.69) is 9.73 Å². The van der Waals surface area contributed by atoms with Gasteiger partial charge in [0.2, 0.25) is 0 Å². The van der Waals surface area contributed by atoms with Crippen molar-refractivity contribution in [3.05, 3.63) is 0 Å². The fourth-order valence-electron chi connectivity index (χ4n) is 0.612. The summed E-state index contributed by atoms with van der Waals surface area (Å²) in [5, 5.41) is 8.05. The Balaban J connectivity index is 2.55. The van der Waals surface area contributed by atoms with Crippen LogP contribution in [0.3, 0.4) is 0 Å². The Morgan fingerprint density at radius 3 is 3.00 bits per heavy atom. The second-order valence-electron chi connectivity index (χ2n) is 2.28. The van der Waals surface area contributed by atoms with E-state index in [0.29, 0.717) is 0 Å². The summed E-state index contributed by atoms with van der Waals surface area (Å²) in [6, 6.07) is 1.79. The molecule has 3 nitrogen and oxygen atoms in total. The number of halogens is 2. The molecule has 0 bridgehead atoms. The predicted octanol–water partition coefficient (Wildman–Crippen LogP) is 1.61. The monoisotopic (exact) mass is 192 g/mol. The smallest absolute Gasteiger partial charge is 0.294 e. The van der Waals surface area contributed by atoms with Crippen molar-refractivity contribution in [2.75, 3.05) is 5.75 Å². The first-order valence-corrected chi connectivity index (χ1v) is 4.14. The third kappa shape index (κ3) is 1.85. The second kappa shape index (κ2) is 3.27. The van der Waals surface area contributed by atoms with Crippen molar-refractivity contribution in [1.82, 2.24) is 0 Å². The van der Waals surface area contributed by atoms with E-state index in [1.165, 1.54) is 0 Å². The molecular formula is C6H6F2N2OS. The van der Waals surface area contributed by atoms with Crippen molar-refractivity contribution in [1.29, 1.82) is 5.26 Å². The van der Waals surface area contributed by atoms with Gasteiger partial charge in [-0.15, -0.1) is 0 Å². The number of nitrogens with zero attached hydrogens (tertiary/aromatic N) is 2. The number of hydrogen-bond donors (Lipinski definition) is 0. The molecule has 1 aliphatic rings. The number of ether oxygens (including phenoxy) is 1. The summed E-state index contributed by atoms with van der Waals surface area (Å²) >= 11 is 0.877. The third-order valence-corrected chi connectivity index (χ3v) is 1.90. The Hall–Kier alpha value is -0.830. The van der Waals surface area contributed by atoms with Gasteiger partial charge in [-0.2, -0.15) is 14.6 Å². The SMILES string of the molecule is C[C@@]1(F)N=C(SCC#N)O[C@H]1F. The Morgan fingerprint density at radius 1 is 1.92 bits per heavy atom. The largest absolute Gasteiger partial charge is 0.433 e. The number of nitriles is 1. The number of hydrogen-bond acceptors (Lipinski definition) is 4. The predicted molar refractivity (Wildman–Crippen MR) is 41.0 cm³/mol. The van der Waals surface area contributed by atoms with E-state index in [0.717, 1.165) is 18.7 Å². The summed E-state index contributed by atoms with van der Waals surface area (Å²) in [5.41, 5.74) is 0. The van der Waals surface area contributed by atoms with Crippen molar-refractivity contribution in [3.63, 3.8) is 0 Å². The van der Waals surface area contributed by atoms with Crippen LogP contribution in [0.25, 0.3) is 0 Å². The maximum atomic E-state index is 12.9. The Morgan fingerprint density at radius 2 is 2.58 bits per heavy atom. The highest BCUT2D eigenvalue weighted by Gasteiger charge is 2.43. The van der Waals surface area contributed by atoms with Gasteiger partial charge in [-0.3, -0.25) is 0 Å². The lowest BCUT2D eigenvalue weighted by Gasteiger charge is -2.09. The molecule has 0 radical (unpaired) electrons. The zero-order valence-corrected chi connectivity index (χ0v) is 7.07. The highest BCUT2D eigenvalue weighted by atomic mass is 32.2. The molecule has 1 rings (SSSR count). The van der Waals surface area contributed by atoms with E-state index in [-0.39, 0.29) is 11.0 Å². The van der Waals surface area contributed by atoms with Crippen molar-refractivity contribution < 1.29 is 13.5 Å². The van der Waals surface area contributed by atoms with E-state index < -0.39 is 12.2 Å². The van der Waals surface area contributed by atoms with Gasteiger partial charge in [0.1, 0.15) is 0 Å². The quantitative estimate of drug-likeness (QED) is 0.593. The average Bonchev–Trinajstić information content (AvgIpc) is 2.22. The first-order chi connectivity index (χ1) is 5.56. The van der Waals surface area contributed by atoms with Gasteiger partial charge in [0, 0.05) is 0 Å². The van der Waals surface area contributed by atoms with E-state index in [1.54, 1.807) is 6.07 Å². The molecule has 0 spiro atoms. The van der Waals surface area contributed by atoms with Crippen LogP contribution >= 0.6 is 11.8 Å². The molecule has 0 saturated heterocycles. The Bertz CT molecular complexity index is 248. The van der Waals surface area contributed by atoms with Crippen LogP contribution in [-0.4, -0.2) is 23.1 Å². The molecular weight excluding hydrogens is 186 g/mol. The molecule has 0 amide bonds. The first kappa shape index (κ1) is 9.26. The van der Waals surface area contributed by atoms with Crippen molar-refractivity contribution in [3.8, 4) is 6.07 Å². The summed E-state index contributed by atoms with van der Waals surface area (Å²) < 4.78 is 29.9. The van der Waals surface area contributed by atoms with E-state index in [9.17, 15) is 8.78 Å². The molecule has 2 atom stereocenters. The summed E-state index contributed by atoms with van der Waals surface area (Å²) in [6.45, 7) is 0.984. The maximum Gasteiger partial charge on any atom is 0.294 e. The second-order valence-corrected chi connectivity index (χ2v) is 3.21. The van der Waals surface area contributed by atoms with E-state index in [4.69, 9.17) is 5.26 Å². The van der Waals surface area contributed by atoms with Crippen LogP contribution in [0, 0.1) is 11.3 Å². The Kier molecular flexibility index (Phi) is 2.52. The standard InChI is InChI=1S/C6H6F2N2OS/c1-6(8)4(7)11-5(10-6)12-3-2-9/h4H,3H2,1H3/t4-,6-/m1/s1. The number of alkyl halides is 2. The normalized spacial score (nSPS) is 33.8. The lowest BCUT2D eigenvalue weighted by atomic mass is 10.3. The van der Waals surface area contributed by atoms with Crippen molar-refractivity contribution >= 4 is 17.0 Å². The minimum absolute atomic E-state index is 0.0711. The molecule has 66 valence electrons. The molecule has 0 aliphatic carbocycles. The number of aliphatic imine (C=N–C) groups is 1. The number of rotatable bonds is 1. The fraction of sp³-hybridized carbons (Fsp3) is 0.667. The van der Waals surface area contributed by atoms with Crippen molar-refractivity contribution in [2.24, 2.45) is 4.99 Å². The van der Waals surface area contributed by atoms with Gasteiger partial charge in [-0.25, -0.2) is 4.39 Å². The van der Waals surface area contributed by atoms with Crippen LogP contribution in [0.1, 0.15) is 6.92 Å². The minimum atomic E-state index is -2.31. The van der Waals surface area contributed by atoms with Gasteiger partial charge < -0.3 is 4.74 Å². The van der Waals surface area contributed by atoms with Crippen LogP contribution in [0.15, 0.2) is 4.99 Å². The third-order valence-electron chi connectivity index (χ3n) is 1.19. The van der Waals surface area contributed by atoms with Crippen molar-refractivity contribution in [2.45, 2.75) is 19.1 Å². The molecule has 0 saturated carbocycles. The fourth-order valence-corrected chi connectivity index (χ4v) is 1.20. The van der Waals surface area contributed by atoms with E-state index >= 15 is 0 Å². The van der Waals surface area contributed by atoms with Crippen LogP contribution in [-0.2, 0) is 4.74 Å². The van der Waals surface area contributed by atoms with Gasteiger partial charge in [-0.1, -0.05) is 11.8 Å². The maximum absolute atomic E-state index is 12.9. The van der Waals surface area contributed by atoms with Gasteiger partial charge in [0.15, 0.2) is 0 Å². The zero-order valence-electron chi connectivity index (χ0n) is 6.25. The van der Waals surface area contributed by atoms with Gasteiger partial charge in [0.05, 0.1) is 11.8 Å². The summed E-state index contributed by atoms with van der Waals surface area (Å²) in [4.78, 5) is 3.30. The topological polar surface area (TPSA) is 45.4 Å². The average molecular weight is 192 g/mol. The van der Waals surface area contributed by atoms with Crippen LogP contribution in [0.4, 0.5) is 8.78 Å². The molecule has 0 aromatic carbocycles. The molecule has 0 fully saturated rings. The van der Waals surface area contributed by atoms with Gasteiger partial charge >= 0.3 is 0 Å². The van der Waals surface area contributed by atoms with Gasteiger partial charge in [-0.05, 0) is 6.92 Å². The molecule has 6 heteroatoms. The molecule has 1 heterocycles. The number of thioether (sulfide) groups is 1. The molecule has 0 N–H and O–H groups in total. The van der Waals surface area contributed by atoms with Gasteiger partial charge in [0.25, 0.3) is 17.4 Å². The molecule has 1 aliphatic heterocycles. The molecule has 0 aromatic heterocycles. The molecule has 0 unspecified atom stereocenters. The summed E-state index contributed by atoms with van der Waals surface area (Å²) in [7, 11) is 0. The van der Waals surface area contributed by atoms with Crippen LogP contribution < -0.4 is 0 Å². The van der Waals surface area contributed by atoms with Crippen LogP contribution in [0.5, 0.6) is 0 Å². The lowest BCUT2D eigenvalue weighted by Crippen LogP contribution is -2.25. The minimum Gasteiger partial charge on any atom is -0.433 e. The summed E-state index contributed by atoms with van der Waals surface area (Å²) in [6.07, 6.45) is -2.06.